The van der Waals surface area contributed by atoms with Crippen molar-refractivity contribution in [2.24, 2.45) is 0 Å². The molecule has 0 aliphatic heterocycles. The summed E-state index contributed by atoms with van der Waals surface area (Å²) in [6.45, 7) is 37.4. The fourth-order valence-electron chi connectivity index (χ4n) is 8.13. The Morgan fingerprint density at radius 3 is 0.659 bits per heavy atom. The van der Waals surface area contributed by atoms with Gasteiger partial charge in [-0.05, 0) is 60.8 Å². The lowest BCUT2D eigenvalue weighted by Gasteiger charge is -2.37. The van der Waals surface area contributed by atoms with Gasteiger partial charge in [-0.25, -0.2) is 0 Å². The smallest absolute Gasteiger partial charge is 0.0647 e. The van der Waals surface area contributed by atoms with E-state index in [0.29, 0.717) is 0 Å². The zero-order valence-corrected chi connectivity index (χ0v) is 33.5. The van der Waals surface area contributed by atoms with Gasteiger partial charge in [-0.2, -0.15) is 0 Å². The third-order valence-electron chi connectivity index (χ3n) is 10.3. The first-order valence-electron chi connectivity index (χ1n) is 17.3. The van der Waals surface area contributed by atoms with Crippen LogP contribution in [-0.4, -0.2) is 38.2 Å². The average molecular weight is 686 g/mol. The van der Waals surface area contributed by atoms with Crippen LogP contribution in [0.2, 0.25) is 96.7 Å². The summed E-state index contributed by atoms with van der Waals surface area (Å²) in [5.74, 6) is 0.779. The molecule has 0 amide bonds. The van der Waals surface area contributed by atoms with E-state index in [9.17, 15) is 0 Å². The minimum absolute atomic E-state index is 0.779. The number of hydrogen-bond donors (Lipinski definition) is 0. The van der Waals surface area contributed by atoms with Gasteiger partial charge in [0.05, 0.1) is 32.3 Å². The highest BCUT2D eigenvalue weighted by molar-refractivity contribution is 6.83. The van der Waals surface area contributed by atoms with Crippen LogP contribution < -0.4 is 0 Å². The van der Waals surface area contributed by atoms with Crippen LogP contribution in [0, 0.1) is 0 Å². The van der Waals surface area contributed by atoms with E-state index in [1.54, 1.807) is 0 Å². The Bertz CT molecular complexity index is 702. The van der Waals surface area contributed by atoms with Gasteiger partial charge in [0.1, 0.15) is 0 Å². The normalized spacial score (nSPS) is 12.2. The van der Waals surface area contributed by atoms with Crippen LogP contribution in [0.25, 0.3) is 0 Å². The van der Waals surface area contributed by atoms with Crippen LogP contribution in [0.5, 0.6) is 0 Å². The topological polar surface area (TPSA) is 0 Å². The van der Waals surface area contributed by atoms with E-state index in [-0.39, 0.29) is 0 Å². The van der Waals surface area contributed by atoms with Crippen molar-refractivity contribution >= 4 is 43.9 Å². The van der Waals surface area contributed by atoms with Crippen LogP contribution in [0.3, 0.4) is 0 Å². The Kier molecular flexibility index (Phi) is 24.3. The third-order valence-corrected chi connectivity index (χ3v) is 30.8. The lowest BCUT2D eigenvalue weighted by Crippen LogP contribution is -2.39. The summed E-state index contributed by atoms with van der Waals surface area (Å²) in [5, 5.41) is 0. The van der Waals surface area contributed by atoms with Crippen molar-refractivity contribution in [3.63, 3.8) is 0 Å². The molecule has 0 fully saturated rings. The standard InChI is InChI=1S/C39H69ClSi4/c1-10-24-41(25-11-2,26-12-3)34-20-37-44(33-19-23-40,38-21-35-42(27-13-4,28-14-5)29-15-6)39-22-36-43(30-16-7,31-17-8)32-18-9/h10-18H,1-9,19-39H2. The van der Waals surface area contributed by atoms with Crippen molar-refractivity contribution in [1.29, 1.82) is 0 Å². The van der Waals surface area contributed by atoms with Crippen LogP contribution in [-0.2, 0) is 0 Å². The Labute approximate surface area is 284 Å². The second kappa shape index (κ2) is 25.0. The van der Waals surface area contributed by atoms with Gasteiger partial charge in [-0.1, -0.05) is 116 Å². The number of alkyl halides is 1. The minimum Gasteiger partial charge on any atom is -0.127 e. The predicted octanol–water partition coefficient (Wildman–Crippen LogP) is 14.3. The molecule has 0 atom stereocenters. The molecular weight excluding hydrogens is 616 g/mol. The van der Waals surface area contributed by atoms with E-state index in [1.165, 1.54) is 116 Å². The van der Waals surface area contributed by atoms with Crippen LogP contribution >= 0.6 is 11.6 Å². The van der Waals surface area contributed by atoms with Crippen LogP contribution in [0.1, 0.15) is 25.7 Å². The first-order valence-corrected chi connectivity index (χ1v) is 29.1. The highest BCUT2D eigenvalue weighted by Crippen LogP contribution is 2.40. The second-order valence-electron chi connectivity index (χ2n) is 13.8. The van der Waals surface area contributed by atoms with Crippen LogP contribution in [0.15, 0.2) is 114 Å². The molecule has 0 bridgehead atoms. The van der Waals surface area contributed by atoms with Crippen molar-refractivity contribution < 1.29 is 0 Å². The molecule has 0 radical (unpaired) electrons. The molecule has 0 N–H and O–H groups in total. The number of allylic oxidation sites excluding steroid dienone is 9. The molecule has 248 valence electrons. The summed E-state index contributed by atoms with van der Waals surface area (Å²) in [6.07, 6.45) is 24.7. The maximum atomic E-state index is 6.44. The summed E-state index contributed by atoms with van der Waals surface area (Å²) in [4.78, 5) is 0. The van der Waals surface area contributed by atoms with Gasteiger partial charge in [0.2, 0.25) is 0 Å². The Balaban J connectivity index is 6.33. The van der Waals surface area contributed by atoms with Crippen molar-refractivity contribution in [2.75, 3.05) is 5.88 Å². The molecule has 44 heavy (non-hydrogen) atoms. The minimum atomic E-state index is -1.57. The van der Waals surface area contributed by atoms with Crippen LogP contribution in [0.4, 0.5) is 0 Å². The molecule has 0 aliphatic rings. The summed E-state index contributed by atoms with van der Waals surface area (Å²) in [5.41, 5.74) is 0. The Hall–Kier alpha value is -1.18. The fraction of sp³-hybridized carbons (Fsp3) is 0.538. The van der Waals surface area contributed by atoms with Gasteiger partial charge in [-0.3, -0.25) is 0 Å². The molecule has 0 heterocycles. The summed E-state index contributed by atoms with van der Waals surface area (Å²) >= 11 is 6.44. The Morgan fingerprint density at radius 1 is 0.295 bits per heavy atom. The van der Waals surface area contributed by atoms with Gasteiger partial charge in [0, 0.05) is 5.88 Å². The van der Waals surface area contributed by atoms with Gasteiger partial charge in [0.15, 0.2) is 0 Å². The second-order valence-corrected chi connectivity index (χ2v) is 33.3. The quantitative estimate of drug-likeness (QED) is 0.0366. The lowest BCUT2D eigenvalue weighted by molar-refractivity contribution is 0.861. The fourth-order valence-corrected chi connectivity index (χ4v) is 26.4. The summed E-state index contributed by atoms with van der Waals surface area (Å²) < 4.78 is 0. The van der Waals surface area contributed by atoms with Crippen molar-refractivity contribution in [1.82, 2.24) is 0 Å². The predicted molar refractivity (Wildman–Crippen MR) is 221 cm³/mol. The Morgan fingerprint density at radius 2 is 0.477 bits per heavy atom. The van der Waals surface area contributed by atoms with E-state index in [1.807, 2.05) is 0 Å². The highest BCUT2D eigenvalue weighted by Gasteiger charge is 2.37. The highest BCUT2D eigenvalue weighted by atomic mass is 35.5. The van der Waals surface area contributed by atoms with Crippen molar-refractivity contribution in [3.05, 3.63) is 114 Å². The number of halogens is 1. The number of hydrogen-bond acceptors (Lipinski definition) is 0. The zero-order chi connectivity index (χ0) is 33.2. The van der Waals surface area contributed by atoms with Crippen molar-refractivity contribution in [3.8, 4) is 0 Å². The summed E-state index contributed by atoms with van der Waals surface area (Å²) in [7, 11) is -6.14. The molecule has 0 saturated carbocycles. The summed E-state index contributed by atoms with van der Waals surface area (Å²) in [6, 6.07) is 20.2. The van der Waals surface area contributed by atoms with Gasteiger partial charge >= 0.3 is 0 Å². The first-order chi connectivity index (χ1) is 21.2. The molecule has 0 unspecified atom stereocenters. The maximum absolute atomic E-state index is 6.44. The molecule has 0 saturated heterocycles. The van der Waals surface area contributed by atoms with Crippen molar-refractivity contribution in [2.45, 2.75) is 122 Å². The molecule has 0 rings (SSSR count). The average Bonchev–Trinajstić information content (AvgIpc) is 2.97. The van der Waals surface area contributed by atoms with E-state index in [2.05, 4.69) is 114 Å². The largest absolute Gasteiger partial charge is 0.127 e. The molecular formula is C39H69ClSi4. The third kappa shape index (κ3) is 15.9. The van der Waals surface area contributed by atoms with E-state index >= 15 is 0 Å². The number of rotatable bonds is 33. The molecule has 5 heteroatoms. The molecule has 0 aromatic heterocycles. The van der Waals surface area contributed by atoms with Gasteiger partial charge in [-0.15, -0.1) is 70.8 Å². The molecule has 0 spiro atoms. The zero-order valence-electron chi connectivity index (χ0n) is 28.8. The molecule has 0 aromatic rings. The van der Waals surface area contributed by atoms with Gasteiger partial charge in [0.25, 0.3) is 0 Å². The molecule has 0 aromatic carbocycles. The lowest BCUT2D eigenvalue weighted by atomic mass is 10.5. The SMILES string of the molecule is C=CC[Si](CC=C)(CC=C)CCC[Si](CCCCl)(CCC[Si](CC=C)(CC=C)CC=C)CCC[Si](CC=C)(CC=C)CC=C. The molecule has 0 nitrogen and oxygen atoms in total. The van der Waals surface area contributed by atoms with E-state index in [0.717, 1.165) is 12.3 Å². The monoisotopic (exact) mass is 684 g/mol. The first kappa shape index (κ1) is 42.8. The van der Waals surface area contributed by atoms with Gasteiger partial charge < -0.3 is 0 Å². The molecule has 0 aliphatic carbocycles. The maximum Gasteiger partial charge on any atom is 0.0647 e. The van der Waals surface area contributed by atoms with E-state index < -0.39 is 32.3 Å². The van der Waals surface area contributed by atoms with E-state index in [4.69, 9.17) is 11.6 Å².